The SMILES string of the molecule is F[As-](F)(F)(F)(F)F.N#[N+]c1ccc(N2CCOCC2)cc1. The summed E-state index contributed by atoms with van der Waals surface area (Å²) in [6, 6.07) is 7.51. The summed E-state index contributed by atoms with van der Waals surface area (Å²) >= 11 is -11.1. The minimum Gasteiger partial charge on any atom is -0.378 e. The van der Waals surface area contributed by atoms with Crippen LogP contribution in [0.3, 0.4) is 0 Å². The van der Waals surface area contributed by atoms with Crippen LogP contribution in [-0.2, 0) is 4.74 Å². The molecule has 4 nitrogen and oxygen atoms in total. The van der Waals surface area contributed by atoms with Crippen molar-refractivity contribution in [3.8, 4) is 0 Å². The maximum Gasteiger partial charge on any atom is 0.385 e. The Hall–Kier alpha value is -1.46. The topological polar surface area (TPSA) is 40.6 Å². The summed E-state index contributed by atoms with van der Waals surface area (Å²) in [7, 11) is 0. The summed E-state index contributed by atoms with van der Waals surface area (Å²) in [5.41, 5.74) is 1.74. The van der Waals surface area contributed by atoms with Gasteiger partial charge in [-0.1, -0.05) is 0 Å². The zero-order valence-electron chi connectivity index (χ0n) is 10.6. The van der Waals surface area contributed by atoms with Gasteiger partial charge in [-0.25, -0.2) is 0 Å². The van der Waals surface area contributed by atoms with E-state index in [0.717, 1.165) is 32.0 Å². The minimum atomic E-state index is -11.1. The van der Waals surface area contributed by atoms with Crippen LogP contribution in [0, 0.1) is 5.39 Å². The second kappa shape index (κ2) is 5.39. The van der Waals surface area contributed by atoms with E-state index in [2.05, 4.69) is 9.88 Å². The van der Waals surface area contributed by atoms with Gasteiger partial charge in [0.1, 0.15) is 0 Å². The molecule has 0 saturated carbocycles. The van der Waals surface area contributed by atoms with Gasteiger partial charge in [0.25, 0.3) is 0 Å². The van der Waals surface area contributed by atoms with Gasteiger partial charge in [0.05, 0.1) is 13.2 Å². The Morgan fingerprint density at radius 2 is 1.38 bits per heavy atom. The number of morpholine rings is 1. The largest absolute Gasteiger partial charge is 0.385 e. The third-order valence-electron chi connectivity index (χ3n) is 2.34. The second-order valence-electron chi connectivity index (χ2n) is 4.17. The quantitative estimate of drug-likeness (QED) is 0.418. The van der Waals surface area contributed by atoms with Gasteiger partial charge in [-0.3, -0.25) is 0 Å². The first-order chi connectivity index (χ1) is 9.35. The molecule has 0 amide bonds. The Bertz CT molecular complexity index is 506. The van der Waals surface area contributed by atoms with Crippen LogP contribution in [0.2, 0.25) is 0 Å². The monoisotopic (exact) mass is 379 g/mol. The normalized spacial score (nSPS) is 18.6. The number of benzene rings is 1. The van der Waals surface area contributed by atoms with Crippen molar-refractivity contribution in [1.82, 2.24) is 0 Å². The molecular formula is C10H12AsF6N3O. The van der Waals surface area contributed by atoms with Crippen LogP contribution in [0.4, 0.5) is 32.2 Å². The van der Waals surface area contributed by atoms with Gasteiger partial charge in [-0.05, 0) is 12.1 Å². The van der Waals surface area contributed by atoms with Crippen molar-refractivity contribution >= 4 is 25.5 Å². The fraction of sp³-hybridized carbons (Fsp3) is 0.400. The maximum atomic E-state index is 9.91. The van der Waals surface area contributed by atoms with Gasteiger partial charge in [-0.2, -0.15) is 0 Å². The second-order valence-corrected chi connectivity index (χ2v) is 8.20. The first kappa shape index (κ1) is 17.6. The third kappa shape index (κ3) is 9.98. The van der Waals surface area contributed by atoms with E-state index in [9.17, 15) is 20.8 Å². The fourth-order valence-corrected chi connectivity index (χ4v) is 1.55. The molecule has 0 aliphatic carbocycles. The van der Waals surface area contributed by atoms with E-state index in [0.29, 0.717) is 5.69 Å². The number of halogens is 6. The average molecular weight is 379 g/mol. The van der Waals surface area contributed by atoms with Gasteiger partial charge < -0.3 is 9.64 Å². The predicted octanol–water partition coefficient (Wildman–Crippen LogP) is 4.15. The summed E-state index contributed by atoms with van der Waals surface area (Å²) < 4.78 is 64.7. The molecule has 0 unspecified atom stereocenters. The fourth-order valence-electron chi connectivity index (χ4n) is 1.55. The van der Waals surface area contributed by atoms with Crippen LogP contribution in [0.15, 0.2) is 24.3 Å². The standard InChI is InChI=1S/C10H12N3O.AsF6/c11-12-9-1-3-10(4-2-9)13-5-7-14-8-6-13;2-1(3,4,5,6)7/h1-4H,5-8H2;/q+1;-1. The molecule has 1 aliphatic heterocycles. The minimum absolute atomic E-state index is 0.585. The number of rotatable bonds is 1. The molecule has 1 aromatic carbocycles. The van der Waals surface area contributed by atoms with Gasteiger partial charge in [-0.15, -0.1) is 0 Å². The molecular weight excluding hydrogens is 367 g/mol. The number of hydrogen-bond donors (Lipinski definition) is 0. The molecule has 0 radical (unpaired) electrons. The zero-order chi connectivity index (χ0) is 16.2. The van der Waals surface area contributed by atoms with E-state index in [1.807, 2.05) is 12.1 Å². The van der Waals surface area contributed by atoms with Crippen molar-refractivity contribution in [2.75, 3.05) is 31.2 Å². The number of anilines is 1. The molecule has 1 fully saturated rings. The Labute approximate surface area is 117 Å². The molecule has 1 saturated heterocycles. The van der Waals surface area contributed by atoms with Crippen LogP contribution in [0.25, 0.3) is 4.98 Å². The molecule has 21 heavy (non-hydrogen) atoms. The number of ether oxygens (including phenoxy) is 1. The van der Waals surface area contributed by atoms with Crippen LogP contribution in [0.1, 0.15) is 0 Å². The summed E-state index contributed by atoms with van der Waals surface area (Å²) in [6.45, 7) is 3.42. The number of hydrogen-bond acceptors (Lipinski definition) is 3. The molecule has 0 aromatic heterocycles. The van der Waals surface area contributed by atoms with E-state index < -0.39 is 14.2 Å². The molecule has 11 heteroatoms. The number of diazo groups is 1. The molecule has 1 aliphatic rings. The van der Waals surface area contributed by atoms with Crippen molar-refractivity contribution in [2.45, 2.75) is 0 Å². The van der Waals surface area contributed by atoms with Crippen molar-refractivity contribution in [1.29, 1.82) is 5.39 Å². The van der Waals surface area contributed by atoms with Crippen LogP contribution in [0.5, 0.6) is 0 Å². The zero-order valence-corrected chi connectivity index (χ0v) is 12.5. The molecule has 1 heterocycles. The van der Waals surface area contributed by atoms with Gasteiger partial charge in [0.15, 0.2) is 4.98 Å². The van der Waals surface area contributed by atoms with Crippen LogP contribution in [-0.4, -0.2) is 40.5 Å². The molecule has 0 bridgehead atoms. The van der Waals surface area contributed by atoms with Gasteiger partial charge in [0.2, 0.25) is 5.39 Å². The Balaban J connectivity index is 0.000000270. The van der Waals surface area contributed by atoms with Crippen LogP contribution < -0.4 is 4.90 Å². The summed E-state index contributed by atoms with van der Waals surface area (Å²) in [6.07, 6.45) is 0. The van der Waals surface area contributed by atoms with E-state index >= 15 is 0 Å². The van der Waals surface area contributed by atoms with Crippen molar-refractivity contribution in [2.24, 2.45) is 0 Å². The molecule has 120 valence electrons. The smallest absolute Gasteiger partial charge is 0.378 e. The Morgan fingerprint density at radius 3 is 1.76 bits per heavy atom. The van der Waals surface area contributed by atoms with Crippen molar-refractivity contribution < 1.29 is 25.5 Å². The first-order valence-corrected chi connectivity index (χ1v) is 9.95. The van der Waals surface area contributed by atoms with Gasteiger partial charge in [0, 0.05) is 30.9 Å². The number of nitrogens with zero attached hydrogens (tertiary/aromatic N) is 3. The Morgan fingerprint density at radius 1 is 0.952 bits per heavy atom. The summed E-state index contributed by atoms with van der Waals surface area (Å²) in [5.74, 6) is 0. The van der Waals surface area contributed by atoms with Crippen molar-refractivity contribution in [3.63, 3.8) is 0 Å². The van der Waals surface area contributed by atoms with E-state index in [4.69, 9.17) is 10.1 Å². The molecule has 1 aromatic rings. The van der Waals surface area contributed by atoms with Crippen LogP contribution >= 0.6 is 0 Å². The maximum absolute atomic E-state index is 11.1. The molecule has 0 spiro atoms. The summed E-state index contributed by atoms with van der Waals surface area (Å²) in [4.78, 5) is 5.37. The van der Waals surface area contributed by atoms with E-state index in [1.165, 1.54) is 0 Å². The average Bonchev–Trinajstić information content (AvgIpc) is 2.36. The third-order valence-corrected chi connectivity index (χ3v) is 2.34. The molecule has 0 atom stereocenters. The van der Waals surface area contributed by atoms with Crippen molar-refractivity contribution in [3.05, 3.63) is 29.2 Å². The predicted molar refractivity (Wildman–Crippen MR) is 66.6 cm³/mol. The van der Waals surface area contributed by atoms with E-state index in [-0.39, 0.29) is 0 Å². The van der Waals surface area contributed by atoms with Gasteiger partial charge >= 0.3 is 40.7 Å². The van der Waals surface area contributed by atoms with E-state index in [1.54, 1.807) is 12.1 Å². The first-order valence-electron chi connectivity index (χ1n) is 5.69. The molecule has 2 rings (SSSR count). The molecule has 0 N–H and O–H groups in total. The Kier molecular flexibility index (Phi) is 4.51. The summed E-state index contributed by atoms with van der Waals surface area (Å²) in [5, 5.41) is 8.53.